The van der Waals surface area contributed by atoms with E-state index in [1.54, 1.807) is 0 Å². The molecule has 2 N–H and O–H groups in total. The van der Waals surface area contributed by atoms with Crippen molar-refractivity contribution in [3.8, 4) is 0 Å². The molecule has 0 spiro atoms. The van der Waals surface area contributed by atoms with Gasteiger partial charge in [0.1, 0.15) is 0 Å². The number of aromatic nitrogens is 3. The number of nitrogens with one attached hydrogen (secondary N) is 1. The number of aliphatic carboxylic acids is 1. The molecule has 1 aliphatic carbocycles. The van der Waals surface area contributed by atoms with Crippen LogP contribution in [0, 0.1) is 5.41 Å². The van der Waals surface area contributed by atoms with Gasteiger partial charge in [-0.3, -0.25) is 4.79 Å². The molecule has 1 saturated carbocycles. The third kappa shape index (κ3) is 2.67. The maximum atomic E-state index is 11.3. The normalized spacial score (nSPS) is 16.7. The zero-order valence-electron chi connectivity index (χ0n) is 11.4. The Labute approximate surface area is 112 Å². The summed E-state index contributed by atoms with van der Waals surface area (Å²) in [7, 11) is 0. The minimum absolute atomic E-state index is 0.374. The highest BCUT2D eigenvalue weighted by Crippen LogP contribution is 2.41. The zero-order chi connectivity index (χ0) is 13.9. The molecule has 6 nitrogen and oxygen atoms in total. The first-order valence-electron chi connectivity index (χ1n) is 6.81. The Morgan fingerprint density at radius 3 is 2.42 bits per heavy atom. The molecule has 104 valence electrons. The molecule has 2 rings (SSSR count). The summed E-state index contributed by atoms with van der Waals surface area (Å²) in [6, 6.07) is 0. The molecular formula is C13H20N4O2. The van der Waals surface area contributed by atoms with E-state index in [1.807, 2.05) is 13.8 Å². The number of carbonyl (C=O) groups is 1. The van der Waals surface area contributed by atoms with Crippen LogP contribution in [0.2, 0.25) is 0 Å². The van der Waals surface area contributed by atoms with E-state index in [4.69, 9.17) is 0 Å². The monoisotopic (exact) mass is 264 g/mol. The van der Waals surface area contributed by atoms with Crippen molar-refractivity contribution in [3.63, 3.8) is 0 Å². The highest BCUT2D eigenvalue weighted by molar-refractivity contribution is 5.76. The van der Waals surface area contributed by atoms with Gasteiger partial charge in [-0.25, -0.2) is 4.98 Å². The average molecular weight is 264 g/mol. The molecule has 1 aromatic rings. The van der Waals surface area contributed by atoms with Crippen LogP contribution in [-0.4, -0.2) is 32.8 Å². The standard InChI is InChI=1S/C13H20N4O2/c1-3-9-10(4-2)16-17-12(15-9)14-8-13(11(18)19)6-5-7-13/h3-8H2,1-2H3,(H,18,19)(H,14,15,17). The topological polar surface area (TPSA) is 88.0 Å². The lowest BCUT2D eigenvalue weighted by atomic mass is 9.69. The third-order valence-corrected chi connectivity index (χ3v) is 3.86. The number of carboxylic acids is 1. The van der Waals surface area contributed by atoms with E-state index in [0.29, 0.717) is 12.5 Å². The van der Waals surface area contributed by atoms with Gasteiger partial charge >= 0.3 is 5.97 Å². The highest BCUT2D eigenvalue weighted by Gasteiger charge is 2.44. The minimum atomic E-state index is -0.736. The summed E-state index contributed by atoms with van der Waals surface area (Å²) >= 11 is 0. The molecule has 0 amide bonds. The van der Waals surface area contributed by atoms with E-state index >= 15 is 0 Å². The summed E-state index contributed by atoms with van der Waals surface area (Å²) in [5.41, 5.74) is 1.20. The van der Waals surface area contributed by atoms with Crippen molar-refractivity contribution in [1.29, 1.82) is 0 Å². The van der Waals surface area contributed by atoms with Gasteiger partial charge in [-0.1, -0.05) is 20.3 Å². The first-order valence-corrected chi connectivity index (χ1v) is 6.81. The maximum absolute atomic E-state index is 11.3. The first-order chi connectivity index (χ1) is 9.11. The summed E-state index contributed by atoms with van der Waals surface area (Å²) in [4.78, 5) is 15.7. The Morgan fingerprint density at radius 1 is 1.26 bits per heavy atom. The SMILES string of the molecule is CCc1nnc(NCC2(C(=O)O)CCC2)nc1CC. The fourth-order valence-electron chi connectivity index (χ4n) is 2.33. The van der Waals surface area contributed by atoms with Crippen molar-refractivity contribution in [3.05, 3.63) is 11.4 Å². The van der Waals surface area contributed by atoms with Crippen molar-refractivity contribution in [2.45, 2.75) is 46.0 Å². The van der Waals surface area contributed by atoms with Crippen LogP contribution in [0.3, 0.4) is 0 Å². The maximum Gasteiger partial charge on any atom is 0.311 e. The number of rotatable bonds is 6. The third-order valence-electron chi connectivity index (χ3n) is 3.86. The van der Waals surface area contributed by atoms with E-state index in [0.717, 1.165) is 43.5 Å². The fraction of sp³-hybridized carbons (Fsp3) is 0.692. The molecule has 6 heteroatoms. The zero-order valence-corrected chi connectivity index (χ0v) is 11.4. The molecule has 0 unspecified atom stereocenters. The van der Waals surface area contributed by atoms with Gasteiger partial charge in [0.25, 0.3) is 0 Å². The molecule has 0 bridgehead atoms. The molecule has 1 heterocycles. The number of aryl methyl sites for hydroxylation is 2. The van der Waals surface area contributed by atoms with E-state index in [1.165, 1.54) is 0 Å². The van der Waals surface area contributed by atoms with Crippen LogP contribution in [-0.2, 0) is 17.6 Å². The van der Waals surface area contributed by atoms with E-state index < -0.39 is 11.4 Å². The first kappa shape index (κ1) is 13.7. The second kappa shape index (κ2) is 5.50. The van der Waals surface area contributed by atoms with E-state index in [9.17, 15) is 9.90 Å². The van der Waals surface area contributed by atoms with Crippen molar-refractivity contribution >= 4 is 11.9 Å². The number of hydrogen-bond donors (Lipinski definition) is 2. The Morgan fingerprint density at radius 2 is 1.95 bits per heavy atom. The van der Waals surface area contributed by atoms with Crippen LogP contribution in [0.1, 0.15) is 44.5 Å². The van der Waals surface area contributed by atoms with Crippen molar-refractivity contribution in [2.24, 2.45) is 5.41 Å². The molecule has 1 aliphatic rings. The molecule has 0 aliphatic heterocycles. The van der Waals surface area contributed by atoms with Gasteiger partial charge in [0, 0.05) is 6.54 Å². The van der Waals surface area contributed by atoms with Gasteiger partial charge < -0.3 is 10.4 Å². The summed E-state index contributed by atoms with van der Waals surface area (Å²) in [6.07, 6.45) is 4.02. The van der Waals surface area contributed by atoms with Crippen molar-refractivity contribution in [1.82, 2.24) is 15.2 Å². The number of anilines is 1. The lowest BCUT2D eigenvalue weighted by Crippen LogP contribution is -2.44. The molecule has 1 aromatic heterocycles. The predicted molar refractivity (Wildman–Crippen MR) is 71.0 cm³/mol. The van der Waals surface area contributed by atoms with Gasteiger partial charge in [0.05, 0.1) is 16.8 Å². The molecule has 0 aromatic carbocycles. The fourth-order valence-corrected chi connectivity index (χ4v) is 2.33. The van der Waals surface area contributed by atoms with Gasteiger partial charge in [-0.2, -0.15) is 5.10 Å². The molecule has 0 saturated heterocycles. The molecule has 1 fully saturated rings. The summed E-state index contributed by atoms with van der Waals surface area (Å²) in [6.45, 7) is 4.42. The van der Waals surface area contributed by atoms with Crippen LogP contribution < -0.4 is 5.32 Å². The summed E-state index contributed by atoms with van der Waals surface area (Å²) in [5, 5.41) is 20.4. The predicted octanol–water partition coefficient (Wildman–Crippen LogP) is 1.66. The lowest BCUT2D eigenvalue weighted by Gasteiger charge is -2.37. The van der Waals surface area contributed by atoms with Crippen LogP contribution in [0.15, 0.2) is 0 Å². The van der Waals surface area contributed by atoms with Gasteiger partial charge in [0.2, 0.25) is 5.95 Å². The Hall–Kier alpha value is -1.72. The van der Waals surface area contributed by atoms with Crippen LogP contribution in [0.4, 0.5) is 5.95 Å². The summed E-state index contributed by atoms with van der Waals surface area (Å²) < 4.78 is 0. The van der Waals surface area contributed by atoms with Crippen molar-refractivity contribution < 1.29 is 9.90 Å². The average Bonchev–Trinajstić information content (AvgIpc) is 2.36. The second-order valence-electron chi connectivity index (χ2n) is 5.03. The Kier molecular flexibility index (Phi) is 3.97. The van der Waals surface area contributed by atoms with Gasteiger partial charge in [0.15, 0.2) is 0 Å². The van der Waals surface area contributed by atoms with Gasteiger partial charge in [-0.15, -0.1) is 5.10 Å². The van der Waals surface area contributed by atoms with E-state index in [-0.39, 0.29) is 0 Å². The van der Waals surface area contributed by atoms with Crippen LogP contribution in [0.5, 0.6) is 0 Å². The Balaban J connectivity index is 2.05. The smallest absolute Gasteiger partial charge is 0.311 e. The summed E-state index contributed by atoms with van der Waals surface area (Å²) in [5.74, 6) is -0.304. The number of carboxylic acid groups (broad SMARTS) is 1. The molecule has 19 heavy (non-hydrogen) atoms. The van der Waals surface area contributed by atoms with Gasteiger partial charge in [-0.05, 0) is 25.7 Å². The quantitative estimate of drug-likeness (QED) is 0.812. The lowest BCUT2D eigenvalue weighted by molar-refractivity contribution is -0.153. The second-order valence-corrected chi connectivity index (χ2v) is 5.03. The molecular weight excluding hydrogens is 244 g/mol. The Bertz CT molecular complexity index is 472. The van der Waals surface area contributed by atoms with Crippen LogP contribution >= 0.6 is 0 Å². The highest BCUT2D eigenvalue weighted by atomic mass is 16.4. The van der Waals surface area contributed by atoms with E-state index in [2.05, 4.69) is 20.5 Å². The molecule has 0 atom stereocenters. The largest absolute Gasteiger partial charge is 0.481 e. The molecule has 0 radical (unpaired) electrons. The minimum Gasteiger partial charge on any atom is -0.481 e. The van der Waals surface area contributed by atoms with Crippen molar-refractivity contribution in [2.75, 3.05) is 11.9 Å². The number of nitrogens with zero attached hydrogens (tertiary/aromatic N) is 3. The number of hydrogen-bond acceptors (Lipinski definition) is 5. The van der Waals surface area contributed by atoms with Crippen LogP contribution in [0.25, 0.3) is 0 Å².